The number of aromatic nitrogens is 1. The van der Waals surface area contributed by atoms with Crippen LogP contribution in [0.1, 0.15) is 23.1 Å². The molecule has 3 nitrogen and oxygen atoms in total. The van der Waals surface area contributed by atoms with E-state index in [1.807, 2.05) is 0 Å². The highest BCUT2D eigenvalue weighted by Gasteiger charge is 2.35. The minimum absolute atomic E-state index is 0.0687. The van der Waals surface area contributed by atoms with Crippen molar-refractivity contribution in [1.82, 2.24) is 4.98 Å². The molecule has 0 spiro atoms. The molecular weight excluding hydrogens is 307 g/mol. The first-order valence-electron chi connectivity index (χ1n) is 6.06. The first-order valence-corrected chi connectivity index (χ1v) is 6.44. The fourth-order valence-electron chi connectivity index (χ4n) is 1.83. The number of halogens is 4. The summed E-state index contributed by atoms with van der Waals surface area (Å²) >= 11 is 5.75. The number of H-pyrrole nitrogens is 1. The lowest BCUT2D eigenvalue weighted by Gasteiger charge is -2.04. The normalized spacial score (nSPS) is 11.5. The molecule has 0 aliphatic rings. The summed E-state index contributed by atoms with van der Waals surface area (Å²) in [6.07, 6.45) is -4.58. The highest BCUT2D eigenvalue weighted by atomic mass is 35.5. The lowest BCUT2D eigenvalue weighted by Crippen LogP contribution is -2.09. The Morgan fingerprint density at radius 3 is 2.43 bits per heavy atom. The number of esters is 1. The zero-order valence-corrected chi connectivity index (χ0v) is 11.7. The third kappa shape index (κ3) is 3.39. The lowest BCUT2D eigenvalue weighted by molar-refractivity contribution is -0.140. The number of carbonyl (C=O) groups excluding carboxylic acids is 1. The van der Waals surface area contributed by atoms with E-state index < -0.39 is 17.8 Å². The fourth-order valence-corrected chi connectivity index (χ4v) is 1.95. The molecule has 1 heterocycles. The maximum absolute atomic E-state index is 12.8. The van der Waals surface area contributed by atoms with Gasteiger partial charge in [0.15, 0.2) is 0 Å². The summed E-state index contributed by atoms with van der Waals surface area (Å²) in [6.45, 7) is 1.65. The predicted molar refractivity (Wildman–Crippen MR) is 72.2 cm³/mol. The molecule has 1 N–H and O–H groups in total. The van der Waals surface area contributed by atoms with Crippen LogP contribution in [-0.2, 0) is 10.9 Å². The number of aromatic amines is 1. The summed E-state index contributed by atoms with van der Waals surface area (Å²) in [7, 11) is 0. The van der Waals surface area contributed by atoms with Crippen molar-refractivity contribution in [2.24, 2.45) is 0 Å². The van der Waals surface area contributed by atoms with Gasteiger partial charge in [-0.05, 0) is 30.7 Å². The Morgan fingerprint density at radius 2 is 1.90 bits per heavy atom. The van der Waals surface area contributed by atoms with Gasteiger partial charge < -0.3 is 9.72 Å². The van der Waals surface area contributed by atoms with E-state index in [1.54, 1.807) is 6.92 Å². The van der Waals surface area contributed by atoms with E-state index >= 15 is 0 Å². The van der Waals surface area contributed by atoms with Gasteiger partial charge in [0, 0.05) is 10.6 Å². The van der Waals surface area contributed by atoms with Gasteiger partial charge in [-0.3, -0.25) is 0 Å². The molecule has 2 aromatic rings. The number of alkyl halides is 3. The molecule has 1 aromatic heterocycles. The lowest BCUT2D eigenvalue weighted by atomic mass is 10.1. The summed E-state index contributed by atoms with van der Waals surface area (Å²) in [5.74, 6) is -0.835. The van der Waals surface area contributed by atoms with Crippen molar-refractivity contribution in [3.63, 3.8) is 0 Å². The number of hydrogen-bond donors (Lipinski definition) is 1. The third-order valence-electron chi connectivity index (χ3n) is 2.76. The molecule has 1 aromatic carbocycles. The van der Waals surface area contributed by atoms with Gasteiger partial charge >= 0.3 is 12.1 Å². The van der Waals surface area contributed by atoms with E-state index in [2.05, 4.69) is 4.98 Å². The van der Waals surface area contributed by atoms with Crippen molar-refractivity contribution in [1.29, 1.82) is 0 Å². The van der Waals surface area contributed by atoms with Crippen molar-refractivity contribution in [3.05, 3.63) is 46.7 Å². The third-order valence-corrected chi connectivity index (χ3v) is 3.01. The first-order chi connectivity index (χ1) is 9.82. The van der Waals surface area contributed by atoms with E-state index in [4.69, 9.17) is 16.3 Å². The molecule has 0 saturated heterocycles. The van der Waals surface area contributed by atoms with Gasteiger partial charge in [0.25, 0.3) is 0 Å². The van der Waals surface area contributed by atoms with E-state index in [0.29, 0.717) is 10.6 Å². The van der Waals surface area contributed by atoms with Gasteiger partial charge in [-0.25, -0.2) is 4.79 Å². The van der Waals surface area contributed by atoms with E-state index in [9.17, 15) is 18.0 Å². The number of carbonyl (C=O) groups is 1. The van der Waals surface area contributed by atoms with E-state index in [-0.39, 0.29) is 17.9 Å². The van der Waals surface area contributed by atoms with Crippen LogP contribution in [0.4, 0.5) is 13.2 Å². The second-order valence-electron chi connectivity index (χ2n) is 4.20. The Bertz CT molecular complexity index is 647. The highest BCUT2D eigenvalue weighted by Crippen LogP contribution is 2.34. The number of ether oxygens (including phenoxy) is 1. The average Bonchev–Trinajstić information content (AvgIpc) is 2.85. The number of benzene rings is 1. The molecule has 0 saturated carbocycles. The highest BCUT2D eigenvalue weighted by molar-refractivity contribution is 6.30. The van der Waals surface area contributed by atoms with Crippen molar-refractivity contribution in [3.8, 4) is 11.1 Å². The van der Waals surface area contributed by atoms with Gasteiger partial charge in [0.1, 0.15) is 11.4 Å². The minimum atomic E-state index is -4.58. The predicted octanol–water partition coefficient (Wildman–Crippen LogP) is 4.53. The zero-order chi connectivity index (χ0) is 15.6. The Labute approximate surface area is 123 Å². The molecule has 21 heavy (non-hydrogen) atoms. The topological polar surface area (TPSA) is 42.1 Å². The second kappa shape index (κ2) is 5.81. The summed E-state index contributed by atoms with van der Waals surface area (Å²) in [5, 5.41) is 0.447. The quantitative estimate of drug-likeness (QED) is 0.845. The van der Waals surface area contributed by atoms with Crippen molar-refractivity contribution in [2.45, 2.75) is 13.1 Å². The van der Waals surface area contributed by atoms with Crippen molar-refractivity contribution >= 4 is 17.6 Å². The molecule has 0 unspecified atom stereocenters. The maximum atomic E-state index is 12.8. The number of hydrogen-bond acceptors (Lipinski definition) is 2. The summed E-state index contributed by atoms with van der Waals surface area (Å²) < 4.78 is 43.2. The Morgan fingerprint density at radius 1 is 1.29 bits per heavy atom. The van der Waals surface area contributed by atoms with Crippen molar-refractivity contribution in [2.75, 3.05) is 6.61 Å². The van der Waals surface area contributed by atoms with E-state index in [1.165, 1.54) is 24.3 Å². The molecule has 0 bridgehead atoms. The van der Waals surface area contributed by atoms with Crippen LogP contribution in [0.25, 0.3) is 11.1 Å². The fraction of sp³-hybridized carbons (Fsp3) is 0.214. The molecule has 0 radical (unpaired) electrons. The standard InChI is InChI=1S/C14H11ClF3NO2/c1-2-21-13(20)12-10(7-11(19-12)14(16,17)18)8-3-5-9(15)6-4-8/h3-7,19H,2H2,1H3. The molecule has 112 valence electrons. The smallest absolute Gasteiger partial charge is 0.431 e. The molecule has 0 aliphatic carbocycles. The Balaban J connectivity index is 2.54. The van der Waals surface area contributed by atoms with Gasteiger partial charge in [0.05, 0.1) is 6.61 Å². The van der Waals surface area contributed by atoms with Crippen molar-refractivity contribution < 1.29 is 22.7 Å². The monoisotopic (exact) mass is 317 g/mol. The van der Waals surface area contributed by atoms with E-state index in [0.717, 1.165) is 6.07 Å². The maximum Gasteiger partial charge on any atom is 0.431 e. The molecule has 7 heteroatoms. The summed E-state index contributed by atoms with van der Waals surface area (Å²) in [6, 6.07) is 7.02. The van der Waals surface area contributed by atoms with Gasteiger partial charge in [-0.2, -0.15) is 13.2 Å². The molecule has 0 aliphatic heterocycles. The van der Waals surface area contributed by atoms with Gasteiger partial charge in [-0.15, -0.1) is 0 Å². The number of nitrogens with one attached hydrogen (secondary N) is 1. The van der Waals surface area contributed by atoms with Crippen LogP contribution in [0.15, 0.2) is 30.3 Å². The summed E-state index contributed by atoms with van der Waals surface area (Å²) in [5.41, 5.74) is -0.673. The Hall–Kier alpha value is -1.95. The van der Waals surface area contributed by atoms with Crippen LogP contribution in [0.5, 0.6) is 0 Å². The van der Waals surface area contributed by atoms with Gasteiger partial charge in [0.2, 0.25) is 0 Å². The van der Waals surface area contributed by atoms with Crippen LogP contribution < -0.4 is 0 Å². The number of rotatable bonds is 3. The molecule has 0 amide bonds. The van der Waals surface area contributed by atoms with Gasteiger partial charge in [-0.1, -0.05) is 23.7 Å². The first kappa shape index (κ1) is 15.4. The summed E-state index contributed by atoms with van der Waals surface area (Å²) in [4.78, 5) is 13.9. The molecule has 0 atom stereocenters. The molecule has 0 fully saturated rings. The minimum Gasteiger partial charge on any atom is -0.461 e. The largest absolute Gasteiger partial charge is 0.461 e. The molecule has 2 rings (SSSR count). The zero-order valence-electron chi connectivity index (χ0n) is 10.9. The average molecular weight is 318 g/mol. The Kier molecular flexibility index (Phi) is 4.27. The van der Waals surface area contributed by atoms with Crippen LogP contribution in [-0.4, -0.2) is 17.6 Å². The molecular formula is C14H11ClF3NO2. The van der Waals surface area contributed by atoms with Crippen LogP contribution in [0, 0.1) is 0 Å². The van der Waals surface area contributed by atoms with Crippen LogP contribution in [0.2, 0.25) is 5.02 Å². The SMILES string of the molecule is CCOC(=O)c1[nH]c(C(F)(F)F)cc1-c1ccc(Cl)cc1. The second-order valence-corrected chi connectivity index (χ2v) is 4.63. The van der Waals surface area contributed by atoms with Crippen LogP contribution in [0.3, 0.4) is 0 Å². The van der Waals surface area contributed by atoms with Crippen LogP contribution >= 0.6 is 11.6 Å².